The lowest BCUT2D eigenvalue weighted by molar-refractivity contribution is -0.0328. The van der Waals surface area contributed by atoms with E-state index in [4.69, 9.17) is 0 Å². The summed E-state index contributed by atoms with van der Waals surface area (Å²) < 4.78 is 37.3. The Labute approximate surface area is 192 Å². The first-order valence-electron chi connectivity index (χ1n) is 10.0. The zero-order valence-electron chi connectivity index (χ0n) is 17.3. The molecule has 0 radical (unpaired) electrons. The van der Waals surface area contributed by atoms with Gasteiger partial charge in [-0.15, -0.1) is 10.2 Å². The summed E-state index contributed by atoms with van der Waals surface area (Å²) in [6.45, 7) is 2.12. The SMILES string of the molecule is O=C(Nc1ccc(SC(F)(F)F)cc1)N1CCN(c2ccc(Nc3ccncc3)nn2)CC1. The largest absolute Gasteiger partial charge is 0.446 e. The second-order valence-corrected chi connectivity index (χ2v) is 8.25. The van der Waals surface area contributed by atoms with Crippen molar-refractivity contribution in [3.63, 3.8) is 0 Å². The number of thioether (sulfide) groups is 1. The number of halogens is 3. The van der Waals surface area contributed by atoms with Crippen molar-refractivity contribution in [1.82, 2.24) is 20.1 Å². The highest BCUT2D eigenvalue weighted by Crippen LogP contribution is 2.37. The molecule has 2 N–H and O–H groups in total. The van der Waals surface area contributed by atoms with E-state index in [1.165, 1.54) is 24.3 Å². The fourth-order valence-electron chi connectivity index (χ4n) is 3.22. The second kappa shape index (κ2) is 9.94. The summed E-state index contributed by atoms with van der Waals surface area (Å²) in [6, 6.07) is 12.6. The van der Waals surface area contributed by atoms with Gasteiger partial charge in [-0.3, -0.25) is 4.98 Å². The molecule has 2 amide bonds. The molecular weight excluding hydrogens is 455 g/mol. The molecule has 4 rings (SSSR count). The van der Waals surface area contributed by atoms with E-state index in [1.54, 1.807) is 17.3 Å². The molecule has 33 heavy (non-hydrogen) atoms. The van der Waals surface area contributed by atoms with E-state index in [9.17, 15) is 18.0 Å². The maximum absolute atomic E-state index is 12.5. The van der Waals surface area contributed by atoms with Crippen LogP contribution < -0.4 is 15.5 Å². The number of alkyl halides is 3. The fourth-order valence-corrected chi connectivity index (χ4v) is 3.76. The summed E-state index contributed by atoms with van der Waals surface area (Å²) in [4.78, 5) is 20.2. The number of urea groups is 1. The zero-order chi connectivity index (χ0) is 23.3. The van der Waals surface area contributed by atoms with Crippen molar-refractivity contribution in [2.24, 2.45) is 0 Å². The molecule has 8 nitrogen and oxygen atoms in total. The van der Waals surface area contributed by atoms with Crippen molar-refractivity contribution in [2.75, 3.05) is 41.7 Å². The number of hydrogen-bond acceptors (Lipinski definition) is 7. The molecule has 0 bridgehead atoms. The number of carbonyl (C=O) groups is 1. The van der Waals surface area contributed by atoms with E-state index in [-0.39, 0.29) is 22.7 Å². The molecule has 172 valence electrons. The van der Waals surface area contributed by atoms with Crippen LogP contribution in [0.4, 0.5) is 41.0 Å². The van der Waals surface area contributed by atoms with Crippen LogP contribution in [0.25, 0.3) is 0 Å². The van der Waals surface area contributed by atoms with Crippen LogP contribution in [0.5, 0.6) is 0 Å². The molecule has 1 aliphatic rings. The Hall–Kier alpha value is -3.54. The lowest BCUT2D eigenvalue weighted by Crippen LogP contribution is -2.50. The van der Waals surface area contributed by atoms with Crippen molar-refractivity contribution in [2.45, 2.75) is 10.4 Å². The van der Waals surface area contributed by atoms with Crippen LogP contribution in [0.1, 0.15) is 0 Å². The van der Waals surface area contributed by atoms with Crippen LogP contribution >= 0.6 is 11.8 Å². The van der Waals surface area contributed by atoms with Gasteiger partial charge in [0.15, 0.2) is 11.6 Å². The summed E-state index contributed by atoms with van der Waals surface area (Å²) in [5.74, 6) is 1.33. The first-order valence-corrected chi connectivity index (χ1v) is 10.8. The lowest BCUT2D eigenvalue weighted by atomic mass is 10.3. The predicted molar refractivity (Wildman–Crippen MR) is 121 cm³/mol. The van der Waals surface area contributed by atoms with Crippen LogP contribution in [0.15, 0.2) is 65.8 Å². The standard InChI is InChI=1S/C21H20F3N7OS/c22-21(23,24)33-17-3-1-15(2-4-17)27-20(32)31-13-11-30(12-14-31)19-6-5-18(28-29-19)26-16-7-9-25-10-8-16/h1-10H,11-14H2,(H,27,32)(H,25,26,28). The van der Waals surface area contributed by atoms with Crippen LogP contribution in [-0.2, 0) is 0 Å². The Kier molecular flexibility index (Phi) is 6.82. The number of rotatable bonds is 5. The molecule has 0 aliphatic carbocycles. The first-order chi connectivity index (χ1) is 15.9. The van der Waals surface area contributed by atoms with Crippen LogP contribution in [0, 0.1) is 0 Å². The number of amides is 2. The highest BCUT2D eigenvalue weighted by Gasteiger charge is 2.29. The molecule has 12 heteroatoms. The van der Waals surface area contributed by atoms with Crippen LogP contribution in [0.2, 0.25) is 0 Å². The number of carbonyl (C=O) groups excluding carboxylic acids is 1. The lowest BCUT2D eigenvalue weighted by Gasteiger charge is -2.35. The first kappa shape index (κ1) is 22.6. The molecule has 1 aliphatic heterocycles. The van der Waals surface area contributed by atoms with Gasteiger partial charge < -0.3 is 20.4 Å². The average molecular weight is 476 g/mol. The van der Waals surface area contributed by atoms with Gasteiger partial charge in [-0.1, -0.05) is 0 Å². The summed E-state index contributed by atoms with van der Waals surface area (Å²) in [7, 11) is 0. The third-order valence-electron chi connectivity index (χ3n) is 4.83. The molecule has 1 saturated heterocycles. The summed E-state index contributed by atoms with van der Waals surface area (Å²) in [5.41, 5.74) is -3.04. The Balaban J connectivity index is 1.26. The summed E-state index contributed by atoms with van der Waals surface area (Å²) in [5, 5.41) is 14.3. The maximum Gasteiger partial charge on any atom is 0.446 e. The van der Waals surface area contributed by atoms with Gasteiger partial charge in [0.1, 0.15) is 0 Å². The van der Waals surface area contributed by atoms with Gasteiger partial charge >= 0.3 is 11.5 Å². The van der Waals surface area contributed by atoms with E-state index < -0.39 is 5.51 Å². The fraction of sp³-hybridized carbons (Fsp3) is 0.238. The molecule has 0 atom stereocenters. The Morgan fingerprint density at radius 3 is 2.18 bits per heavy atom. The van der Waals surface area contributed by atoms with E-state index in [0.717, 1.165) is 5.69 Å². The maximum atomic E-state index is 12.5. The van der Waals surface area contributed by atoms with E-state index in [2.05, 4.69) is 25.8 Å². The van der Waals surface area contributed by atoms with Crippen LogP contribution in [-0.4, -0.2) is 57.8 Å². The molecule has 0 spiro atoms. The van der Waals surface area contributed by atoms with Crippen LogP contribution in [0.3, 0.4) is 0 Å². The number of aromatic nitrogens is 3. The number of hydrogen-bond donors (Lipinski definition) is 2. The molecule has 0 unspecified atom stereocenters. The number of piperazine rings is 1. The number of nitrogens with zero attached hydrogens (tertiary/aromatic N) is 5. The van der Waals surface area contributed by atoms with Gasteiger partial charge in [0.05, 0.1) is 0 Å². The number of anilines is 4. The minimum absolute atomic E-state index is 0.0669. The molecule has 3 heterocycles. The Morgan fingerprint density at radius 2 is 1.58 bits per heavy atom. The van der Waals surface area contributed by atoms with Gasteiger partial charge in [-0.25, -0.2) is 4.79 Å². The van der Waals surface area contributed by atoms with Gasteiger partial charge in [-0.2, -0.15) is 13.2 Å². The normalized spacial score (nSPS) is 14.2. The van der Waals surface area contributed by atoms with Crippen molar-refractivity contribution in [3.05, 3.63) is 60.9 Å². The van der Waals surface area contributed by atoms with Gasteiger partial charge in [0, 0.05) is 54.8 Å². The second-order valence-electron chi connectivity index (χ2n) is 7.11. The Morgan fingerprint density at radius 1 is 0.879 bits per heavy atom. The van der Waals surface area contributed by atoms with Crippen molar-refractivity contribution in [1.29, 1.82) is 0 Å². The third kappa shape index (κ3) is 6.48. The topological polar surface area (TPSA) is 86.3 Å². The van der Waals surface area contributed by atoms with Gasteiger partial charge in [0.25, 0.3) is 0 Å². The average Bonchev–Trinajstić information content (AvgIpc) is 2.81. The molecular formula is C21H20F3N7OS. The minimum atomic E-state index is -4.34. The summed E-state index contributed by atoms with van der Waals surface area (Å²) in [6.07, 6.45) is 3.36. The van der Waals surface area contributed by atoms with Gasteiger partial charge in [0.2, 0.25) is 0 Å². The van der Waals surface area contributed by atoms with E-state index >= 15 is 0 Å². The Bertz CT molecular complexity index is 1060. The molecule has 2 aromatic heterocycles. The van der Waals surface area contributed by atoms with E-state index in [1.807, 2.05) is 29.2 Å². The third-order valence-corrected chi connectivity index (χ3v) is 5.57. The monoisotopic (exact) mass is 475 g/mol. The smallest absolute Gasteiger partial charge is 0.352 e. The predicted octanol–water partition coefficient (Wildman–Crippen LogP) is 4.58. The molecule has 3 aromatic rings. The zero-order valence-corrected chi connectivity index (χ0v) is 18.1. The van der Waals surface area contributed by atoms with Crippen molar-refractivity contribution < 1.29 is 18.0 Å². The summed E-state index contributed by atoms with van der Waals surface area (Å²) >= 11 is -0.191. The molecule has 0 saturated carbocycles. The van der Waals surface area contributed by atoms with Gasteiger partial charge in [-0.05, 0) is 60.3 Å². The molecule has 1 fully saturated rings. The number of nitrogens with one attached hydrogen (secondary N) is 2. The van der Waals surface area contributed by atoms with E-state index in [0.29, 0.717) is 43.5 Å². The highest BCUT2D eigenvalue weighted by atomic mass is 32.2. The quantitative estimate of drug-likeness (QED) is 0.523. The van der Waals surface area contributed by atoms with Crippen molar-refractivity contribution in [3.8, 4) is 0 Å². The number of pyridine rings is 1. The van der Waals surface area contributed by atoms with Crippen molar-refractivity contribution >= 4 is 40.8 Å². The minimum Gasteiger partial charge on any atom is -0.352 e. The number of benzene rings is 1. The highest BCUT2D eigenvalue weighted by molar-refractivity contribution is 8.00. The molecule has 1 aromatic carbocycles.